The molecule has 4 nitrogen and oxygen atoms in total. The molecule has 0 aliphatic rings. The summed E-state index contributed by atoms with van der Waals surface area (Å²) in [5.41, 5.74) is 0.737. The number of esters is 1. The first-order valence-corrected chi connectivity index (χ1v) is 10.9. The second-order valence-electron chi connectivity index (χ2n) is 7.51. The Hall–Kier alpha value is -4.18. The summed E-state index contributed by atoms with van der Waals surface area (Å²) in [7, 11) is 0. The number of amides is 1. The quantitative estimate of drug-likeness (QED) is 0.268. The number of anilines is 2. The van der Waals surface area contributed by atoms with Gasteiger partial charge in [0.1, 0.15) is 0 Å². The first kappa shape index (κ1) is 22.0. The molecule has 0 fully saturated rings. The van der Waals surface area contributed by atoms with Crippen LogP contribution >= 0.6 is 0 Å². The molecule has 4 aromatic carbocycles. The van der Waals surface area contributed by atoms with E-state index in [2.05, 4.69) is 0 Å². The molecule has 0 aliphatic heterocycles. The van der Waals surface area contributed by atoms with Crippen molar-refractivity contribution in [2.24, 2.45) is 0 Å². The predicted octanol–water partition coefficient (Wildman–Crippen LogP) is 5.90. The molecule has 0 aliphatic carbocycles. The molecule has 0 unspecified atom stereocenters. The van der Waals surface area contributed by atoms with Crippen LogP contribution in [-0.2, 0) is 19.7 Å². The van der Waals surface area contributed by atoms with E-state index in [0.717, 1.165) is 0 Å². The fourth-order valence-corrected chi connectivity index (χ4v) is 4.06. The molecule has 0 spiro atoms. The molecule has 4 heteroatoms. The first-order valence-electron chi connectivity index (χ1n) is 10.9. The highest BCUT2D eigenvalue weighted by molar-refractivity contribution is 6.20. The minimum Gasteiger partial charge on any atom is -0.465 e. The van der Waals surface area contributed by atoms with E-state index in [-0.39, 0.29) is 6.61 Å². The zero-order valence-corrected chi connectivity index (χ0v) is 18.4. The molecule has 0 N–H and O–H groups in total. The molecule has 0 saturated heterocycles. The highest BCUT2D eigenvalue weighted by Crippen LogP contribution is 2.40. The average Bonchev–Trinajstić information content (AvgIpc) is 2.88. The number of carbonyl (C=O) groups is 2. The van der Waals surface area contributed by atoms with Crippen molar-refractivity contribution >= 4 is 23.3 Å². The van der Waals surface area contributed by atoms with Crippen LogP contribution < -0.4 is 4.90 Å². The third kappa shape index (κ3) is 4.15. The number of hydrogen-bond acceptors (Lipinski definition) is 3. The molecule has 1 amide bonds. The van der Waals surface area contributed by atoms with E-state index < -0.39 is 17.3 Å². The lowest BCUT2D eigenvalue weighted by Crippen LogP contribution is -2.52. The Bertz CT molecular complexity index is 1110. The van der Waals surface area contributed by atoms with Gasteiger partial charge in [-0.25, -0.2) is 0 Å². The maximum atomic E-state index is 14.7. The minimum atomic E-state index is -1.69. The zero-order chi connectivity index (χ0) is 23.1. The lowest BCUT2D eigenvalue weighted by atomic mass is 9.73. The summed E-state index contributed by atoms with van der Waals surface area (Å²) in [4.78, 5) is 30.1. The summed E-state index contributed by atoms with van der Waals surface area (Å²) in [5, 5.41) is 0. The third-order valence-corrected chi connectivity index (χ3v) is 5.55. The third-order valence-electron chi connectivity index (χ3n) is 5.55. The Morgan fingerprint density at radius 3 is 1.36 bits per heavy atom. The molecular weight excluding hydrogens is 410 g/mol. The van der Waals surface area contributed by atoms with Crippen LogP contribution in [-0.4, -0.2) is 18.5 Å². The molecule has 0 bridgehead atoms. The number of benzene rings is 4. The summed E-state index contributed by atoms with van der Waals surface area (Å²) < 4.78 is 5.57. The SMILES string of the molecule is CCOC(=O)C(C(=O)N(c1ccccc1)c1ccccc1)(c1ccccc1)c1ccccc1. The van der Waals surface area contributed by atoms with E-state index in [9.17, 15) is 9.59 Å². The summed E-state index contributed by atoms with van der Waals surface area (Å²) >= 11 is 0. The molecule has 0 radical (unpaired) electrons. The maximum Gasteiger partial charge on any atom is 0.330 e. The molecule has 0 saturated carbocycles. The van der Waals surface area contributed by atoms with E-state index in [1.165, 1.54) is 0 Å². The smallest absolute Gasteiger partial charge is 0.330 e. The second-order valence-corrected chi connectivity index (χ2v) is 7.51. The Morgan fingerprint density at radius 1 is 0.636 bits per heavy atom. The topological polar surface area (TPSA) is 46.6 Å². The second kappa shape index (κ2) is 9.96. The molecule has 0 atom stereocenters. The normalized spacial score (nSPS) is 10.9. The van der Waals surface area contributed by atoms with Crippen molar-refractivity contribution in [3.05, 3.63) is 132 Å². The van der Waals surface area contributed by atoms with E-state index in [4.69, 9.17) is 4.74 Å². The van der Waals surface area contributed by atoms with Gasteiger partial charge in [0.15, 0.2) is 5.41 Å². The Labute approximate surface area is 194 Å². The van der Waals surface area contributed by atoms with Crippen LogP contribution in [0.1, 0.15) is 18.1 Å². The largest absolute Gasteiger partial charge is 0.465 e. The minimum absolute atomic E-state index is 0.157. The van der Waals surface area contributed by atoms with Crippen molar-refractivity contribution in [2.45, 2.75) is 12.3 Å². The standard InChI is InChI=1S/C29H25NO3/c1-2-33-28(32)29(23-15-7-3-8-16-23,24-17-9-4-10-18-24)27(31)30(25-19-11-5-12-20-25)26-21-13-6-14-22-26/h3-22H,2H2,1H3. The lowest BCUT2D eigenvalue weighted by molar-refractivity contribution is -0.151. The van der Waals surface area contributed by atoms with E-state index in [0.29, 0.717) is 22.5 Å². The predicted molar refractivity (Wildman–Crippen MR) is 130 cm³/mol. The number of carbonyl (C=O) groups excluding carboxylic acids is 2. The lowest BCUT2D eigenvalue weighted by Gasteiger charge is -2.36. The van der Waals surface area contributed by atoms with Gasteiger partial charge in [-0.05, 0) is 42.3 Å². The van der Waals surface area contributed by atoms with Gasteiger partial charge >= 0.3 is 5.97 Å². The number of para-hydroxylation sites is 2. The van der Waals surface area contributed by atoms with Crippen molar-refractivity contribution in [3.8, 4) is 0 Å². The fraction of sp³-hybridized carbons (Fsp3) is 0.103. The van der Waals surface area contributed by atoms with Crippen molar-refractivity contribution in [2.75, 3.05) is 11.5 Å². The van der Waals surface area contributed by atoms with Gasteiger partial charge in [-0.15, -0.1) is 0 Å². The summed E-state index contributed by atoms with van der Waals surface area (Å²) in [5.74, 6) is -1.01. The molecular formula is C29H25NO3. The average molecular weight is 436 g/mol. The zero-order valence-electron chi connectivity index (χ0n) is 18.4. The Morgan fingerprint density at radius 2 is 1.00 bits per heavy atom. The number of ether oxygens (including phenoxy) is 1. The molecule has 0 aromatic heterocycles. The number of nitrogens with zero attached hydrogens (tertiary/aromatic N) is 1. The van der Waals surface area contributed by atoms with Crippen molar-refractivity contribution < 1.29 is 14.3 Å². The highest BCUT2D eigenvalue weighted by atomic mass is 16.5. The molecule has 33 heavy (non-hydrogen) atoms. The summed E-state index contributed by atoms with van der Waals surface area (Å²) in [6.45, 7) is 1.90. The number of hydrogen-bond donors (Lipinski definition) is 0. The van der Waals surface area contributed by atoms with Gasteiger partial charge in [0, 0.05) is 11.4 Å². The van der Waals surface area contributed by atoms with Crippen molar-refractivity contribution in [1.82, 2.24) is 0 Å². The van der Waals surface area contributed by atoms with Gasteiger partial charge in [-0.2, -0.15) is 0 Å². The van der Waals surface area contributed by atoms with Crippen LogP contribution in [0.5, 0.6) is 0 Å². The number of rotatable bonds is 7. The van der Waals surface area contributed by atoms with Crippen LogP contribution in [0.2, 0.25) is 0 Å². The van der Waals surface area contributed by atoms with Crippen molar-refractivity contribution in [3.63, 3.8) is 0 Å². The van der Waals surface area contributed by atoms with Crippen LogP contribution in [0.25, 0.3) is 0 Å². The van der Waals surface area contributed by atoms with E-state index in [1.54, 1.807) is 36.1 Å². The Balaban J connectivity index is 2.03. The summed E-state index contributed by atoms with van der Waals surface area (Å²) in [6, 6.07) is 36.9. The monoisotopic (exact) mass is 435 g/mol. The molecule has 4 aromatic rings. The highest BCUT2D eigenvalue weighted by Gasteiger charge is 2.53. The maximum absolute atomic E-state index is 14.7. The van der Waals surface area contributed by atoms with Gasteiger partial charge < -0.3 is 4.74 Å². The van der Waals surface area contributed by atoms with Crippen LogP contribution in [0.3, 0.4) is 0 Å². The van der Waals surface area contributed by atoms with Gasteiger partial charge in [0.2, 0.25) is 0 Å². The van der Waals surface area contributed by atoms with Crippen LogP contribution in [0.15, 0.2) is 121 Å². The van der Waals surface area contributed by atoms with E-state index >= 15 is 0 Å². The molecule has 0 heterocycles. The first-order chi connectivity index (χ1) is 16.2. The van der Waals surface area contributed by atoms with Crippen LogP contribution in [0.4, 0.5) is 11.4 Å². The van der Waals surface area contributed by atoms with Gasteiger partial charge in [-0.3, -0.25) is 14.5 Å². The Kier molecular flexibility index (Phi) is 6.65. The van der Waals surface area contributed by atoms with Crippen molar-refractivity contribution in [1.29, 1.82) is 0 Å². The van der Waals surface area contributed by atoms with Gasteiger partial charge in [0.25, 0.3) is 5.91 Å². The van der Waals surface area contributed by atoms with Gasteiger partial charge in [-0.1, -0.05) is 97.1 Å². The van der Waals surface area contributed by atoms with Gasteiger partial charge in [0.05, 0.1) is 6.61 Å². The molecule has 164 valence electrons. The fourth-order valence-electron chi connectivity index (χ4n) is 4.06. The van der Waals surface area contributed by atoms with Crippen LogP contribution in [0, 0.1) is 0 Å². The molecule has 4 rings (SSSR count). The van der Waals surface area contributed by atoms with E-state index in [1.807, 2.05) is 97.1 Å². The summed E-state index contributed by atoms with van der Waals surface area (Å²) in [6.07, 6.45) is 0.